The maximum absolute atomic E-state index is 2.81. The molecule has 132 valence electrons. The lowest BCUT2D eigenvalue weighted by atomic mass is 9.82. The molecular formula is C21H43N. The largest absolute Gasteiger partial charge is 0.287 e. The second kappa shape index (κ2) is 9.11. The molecule has 2 atom stereocenters. The van der Waals surface area contributed by atoms with E-state index in [9.17, 15) is 0 Å². The summed E-state index contributed by atoms with van der Waals surface area (Å²) < 4.78 is 0. The van der Waals surface area contributed by atoms with Gasteiger partial charge in [0, 0.05) is 18.1 Å². The molecule has 0 aromatic heterocycles. The van der Waals surface area contributed by atoms with Gasteiger partial charge in [-0.25, -0.2) is 0 Å². The Morgan fingerprint density at radius 1 is 0.591 bits per heavy atom. The zero-order chi connectivity index (χ0) is 17.8. The lowest BCUT2D eigenvalue weighted by Crippen LogP contribution is -2.48. The monoisotopic (exact) mass is 309 g/mol. The summed E-state index contributed by atoms with van der Waals surface area (Å²) in [6.45, 7) is 27.8. The highest BCUT2D eigenvalue weighted by atomic mass is 15.2. The highest BCUT2D eigenvalue weighted by molar-refractivity contribution is 5.35. The van der Waals surface area contributed by atoms with Gasteiger partial charge in [0.2, 0.25) is 0 Å². The molecule has 0 saturated carbocycles. The van der Waals surface area contributed by atoms with E-state index in [1.54, 1.807) is 11.1 Å². The zero-order valence-corrected chi connectivity index (χ0v) is 17.5. The van der Waals surface area contributed by atoms with Gasteiger partial charge in [-0.2, -0.15) is 0 Å². The molecule has 0 amide bonds. The number of nitrogens with zero attached hydrogens (tertiary/aromatic N) is 1. The highest BCUT2D eigenvalue weighted by Gasteiger charge is 2.45. The van der Waals surface area contributed by atoms with Crippen molar-refractivity contribution >= 4 is 0 Å². The normalized spacial score (nSPS) is 23.3. The molecule has 0 aliphatic carbocycles. The van der Waals surface area contributed by atoms with Gasteiger partial charge in [0.05, 0.1) is 0 Å². The second-order valence-corrected chi connectivity index (χ2v) is 8.14. The van der Waals surface area contributed by atoms with E-state index in [4.69, 9.17) is 0 Å². The van der Waals surface area contributed by atoms with E-state index < -0.39 is 0 Å². The van der Waals surface area contributed by atoms with Gasteiger partial charge in [0.15, 0.2) is 0 Å². The molecule has 0 bridgehead atoms. The average molecular weight is 310 g/mol. The molecule has 0 saturated heterocycles. The van der Waals surface area contributed by atoms with Crippen LogP contribution in [-0.2, 0) is 0 Å². The Bertz CT molecular complexity index is 317. The molecule has 0 fully saturated rings. The average Bonchev–Trinajstić information content (AvgIpc) is 2.77. The summed E-state index contributed by atoms with van der Waals surface area (Å²) in [5, 5.41) is 0. The van der Waals surface area contributed by atoms with Crippen LogP contribution >= 0.6 is 0 Å². The van der Waals surface area contributed by atoms with Crippen molar-refractivity contribution in [2.24, 2.45) is 23.7 Å². The van der Waals surface area contributed by atoms with Crippen molar-refractivity contribution in [2.75, 3.05) is 0 Å². The van der Waals surface area contributed by atoms with Crippen LogP contribution in [-0.4, -0.2) is 23.0 Å². The minimum absolute atomic E-state index is 0.611. The first kappa shape index (κ1) is 21.7. The summed E-state index contributed by atoms with van der Waals surface area (Å²) in [7, 11) is 0. The van der Waals surface area contributed by atoms with Crippen LogP contribution in [0.2, 0.25) is 0 Å². The Balaban J connectivity index is 0.00000211. The minimum Gasteiger partial charge on any atom is -0.287 e. The third-order valence-electron chi connectivity index (χ3n) is 4.72. The molecule has 0 radical (unpaired) electrons. The van der Waals surface area contributed by atoms with Crippen molar-refractivity contribution < 1.29 is 0 Å². The molecule has 0 spiro atoms. The van der Waals surface area contributed by atoms with Crippen LogP contribution in [0.5, 0.6) is 0 Å². The summed E-state index contributed by atoms with van der Waals surface area (Å²) in [6.07, 6.45) is 0. The predicted molar refractivity (Wildman–Crippen MR) is 102 cm³/mol. The van der Waals surface area contributed by atoms with Crippen LogP contribution in [0.4, 0.5) is 0 Å². The first-order valence-corrected chi connectivity index (χ1v) is 9.62. The van der Waals surface area contributed by atoms with Gasteiger partial charge in [0.25, 0.3) is 0 Å². The van der Waals surface area contributed by atoms with Crippen molar-refractivity contribution in [1.29, 1.82) is 0 Å². The third-order valence-corrected chi connectivity index (χ3v) is 4.72. The number of hydrogen-bond donors (Lipinski definition) is 0. The molecule has 2 unspecified atom stereocenters. The smallest absolute Gasteiger partial charge is 0.0345 e. The van der Waals surface area contributed by atoms with Gasteiger partial charge in [0.1, 0.15) is 0 Å². The van der Waals surface area contributed by atoms with E-state index in [-0.39, 0.29) is 0 Å². The van der Waals surface area contributed by atoms with Crippen LogP contribution < -0.4 is 0 Å². The SMILES string of the molecule is CC.CC(C)C1=C(C(C)C)C(C(C)C)N(C(C)C)C1C(C)C. The molecular weight excluding hydrogens is 266 g/mol. The predicted octanol–water partition coefficient (Wildman–Crippen LogP) is 6.39. The Hall–Kier alpha value is -0.300. The summed E-state index contributed by atoms with van der Waals surface area (Å²) in [6, 6.07) is 1.86. The molecule has 1 aliphatic heterocycles. The fourth-order valence-electron chi connectivity index (χ4n) is 4.23. The first-order valence-electron chi connectivity index (χ1n) is 9.62. The molecule has 1 heterocycles. The number of hydrogen-bond acceptors (Lipinski definition) is 1. The first-order chi connectivity index (χ1) is 10.1. The Labute approximate surface area is 141 Å². The van der Waals surface area contributed by atoms with Crippen LogP contribution in [0.1, 0.15) is 83.1 Å². The maximum atomic E-state index is 2.81. The lowest BCUT2D eigenvalue weighted by Gasteiger charge is -2.40. The Morgan fingerprint density at radius 3 is 1.00 bits per heavy atom. The maximum Gasteiger partial charge on any atom is 0.0345 e. The van der Waals surface area contributed by atoms with E-state index >= 15 is 0 Å². The van der Waals surface area contributed by atoms with Crippen LogP contribution in [0.3, 0.4) is 0 Å². The molecule has 1 heteroatoms. The van der Waals surface area contributed by atoms with Gasteiger partial charge >= 0.3 is 0 Å². The summed E-state index contributed by atoms with van der Waals surface area (Å²) in [4.78, 5) is 2.81. The van der Waals surface area contributed by atoms with Gasteiger partial charge in [-0.1, -0.05) is 69.2 Å². The van der Waals surface area contributed by atoms with Crippen LogP contribution in [0.25, 0.3) is 0 Å². The fourth-order valence-corrected chi connectivity index (χ4v) is 4.23. The summed E-state index contributed by atoms with van der Waals surface area (Å²) in [5.74, 6) is 2.69. The van der Waals surface area contributed by atoms with E-state index in [1.807, 2.05) is 13.8 Å². The van der Waals surface area contributed by atoms with Crippen LogP contribution in [0.15, 0.2) is 11.1 Å². The molecule has 0 aromatic rings. The van der Waals surface area contributed by atoms with Gasteiger partial charge in [-0.3, -0.25) is 4.90 Å². The molecule has 0 N–H and O–H groups in total. The second-order valence-electron chi connectivity index (χ2n) is 8.14. The standard InChI is InChI=1S/C19H37N.C2H6/c1-11(2)16-17(12(3)4)19(14(7)8)20(15(9)10)18(16)13(5)6;1-2/h11-15,18-19H,1-10H3;1-2H3. The van der Waals surface area contributed by atoms with Gasteiger partial charge in [-0.15, -0.1) is 0 Å². The van der Waals surface area contributed by atoms with E-state index in [2.05, 4.69) is 74.1 Å². The van der Waals surface area contributed by atoms with Crippen molar-refractivity contribution in [3.63, 3.8) is 0 Å². The van der Waals surface area contributed by atoms with Crippen molar-refractivity contribution in [1.82, 2.24) is 4.90 Å². The highest BCUT2D eigenvalue weighted by Crippen LogP contribution is 2.44. The molecule has 0 aromatic carbocycles. The van der Waals surface area contributed by atoms with E-state index in [0.29, 0.717) is 41.8 Å². The quantitative estimate of drug-likeness (QED) is 0.531. The van der Waals surface area contributed by atoms with Gasteiger partial charge < -0.3 is 0 Å². The van der Waals surface area contributed by atoms with E-state index in [1.165, 1.54) is 0 Å². The van der Waals surface area contributed by atoms with Crippen molar-refractivity contribution in [2.45, 2.75) is 101 Å². The minimum atomic E-state index is 0.611. The topological polar surface area (TPSA) is 3.24 Å². The van der Waals surface area contributed by atoms with E-state index in [0.717, 1.165) is 0 Å². The molecule has 1 aliphatic rings. The summed E-state index contributed by atoms with van der Waals surface area (Å²) in [5.41, 5.74) is 3.48. The lowest BCUT2D eigenvalue weighted by molar-refractivity contribution is 0.0971. The number of rotatable bonds is 5. The fraction of sp³-hybridized carbons (Fsp3) is 0.905. The van der Waals surface area contributed by atoms with Crippen LogP contribution in [0, 0.1) is 23.7 Å². The third kappa shape index (κ3) is 4.37. The van der Waals surface area contributed by atoms with Crippen molar-refractivity contribution in [3.05, 3.63) is 11.1 Å². The van der Waals surface area contributed by atoms with Crippen molar-refractivity contribution in [3.8, 4) is 0 Å². The molecule has 1 rings (SSSR count). The summed E-state index contributed by atoms with van der Waals surface area (Å²) >= 11 is 0. The molecule has 22 heavy (non-hydrogen) atoms. The Kier molecular flexibility index (Phi) is 8.98. The van der Waals surface area contributed by atoms with Gasteiger partial charge in [-0.05, 0) is 48.7 Å². The molecule has 1 nitrogen and oxygen atoms in total. The Morgan fingerprint density at radius 2 is 0.864 bits per heavy atom. The zero-order valence-electron chi connectivity index (χ0n) is 17.5.